The molecule has 0 aromatic heterocycles. The molecule has 0 unspecified atom stereocenters. The topological polar surface area (TPSA) is 6.48 Å². The van der Waals surface area contributed by atoms with E-state index in [1.165, 1.54) is 105 Å². The normalized spacial score (nSPS) is 14.3. The van der Waals surface area contributed by atoms with Crippen LogP contribution in [-0.2, 0) is 0 Å². The zero-order chi connectivity index (χ0) is 35.5. The zero-order valence-electron chi connectivity index (χ0n) is 30.2. The van der Waals surface area contributed by atoms with E-state index in [9.17, 15) is 0 Å². The van der Waals surface area contributed by atoms with Crippen LogP contribution in [0.3, 0.4) is 0 Å². The van der Waals surface area contributed by atoms with Gasteiger partial charge in [-0.15, -0.1) is 0 Å². The number of benzene rings is 7. The van der Waals surface area contributed by atoms with E-state index >= 15 is 0 Å². The van der Waals surface area contributed by atoms with E-state index in [-0.39, 0.29) is 17.9 Å². The third kappa shape index (κ3) is 4.52. The van der Waals surface area contributed by atoms with Gasteiger partial charge >= 0.3 is 0 Å². The lowest BCUT2D eigenvalue weighted by molar-refractivity contribution is 0.864. The second kappa shape index (κ2) is 11.7. The van der Waals surface area contributed by atoms with Crippen molar-refractivity contribution in [3.63, 3.8) is 0 Å². The fourth-order valence-corrected chi connectivity index (χ4v) is 12.2. The molecule has 2 nitrogen and oxygen atoms in total. The summed E-state index contributed by atoms with van der Waals surface area (Å²) in [6.07, 6.45) is 0. The van der Waals surface area contributed by atoms with Gasteiger partial charge in [-0.25, -0.2) is 0 Å². The molecule has 4 heterocycles. The Morgan fingerprint density at radius 1 is 0.472 bits per heavy atom. The lowest BCUT2D eigenvalue weighted by Gasteiger charge is -2.46. The summed E-state index contributed by atoms with van der Waals surface area (Å²) in [5.74, 6) is 0.575. The first kappa shape index (κ1) is 31.5. The molecule has 0 amide bonds. The first-order valence-electron chi connectivity index (χ1n) is 18.7. The molecule has 7 aromatic rings. The Hall–Kier alpha value is -5.03. The van der Waals surface area contributed by atoms with Crippen LogP contribution in [0, 0.1) is 13.8 Å². The van der Waals surface area contributed by atoms with Crippen LogP contribution in [-0.4, -0.2) is 12.0 Å². The van der Waals surface area contributed by atoms with E-state index in [4.69, 9.17) is 0 Å². The predicted molar refractivity (Wildman–Crippen MR) is 232 cm³/mol. The van der Waals surface area contributed by atoms with Crippen molar-refractivity contribution in [1.29, 1.82) is 0 Å². The molecule has 11 rings (SSSR count). The van der Waals surface area contributed by atoms with Crippen molar-refractivity contribution >= 4 is 91.2 Å². The summed E-state index contributed by atoms with van der Waals surface area (Å²) in [5, 5.41) is 0. The Labute approximate surface area is 321 Å². The third-order valence-corrected chi connectivity index (χ3v) is 14.1. The van der Waals surface area contributed by atoms with Crippen LogP contribution >= 0.6 is 23.2 Å². The minimum atomic E-state index is 0.165. The largest absolute Gasteiger partial charge is 0.311 e. The summed E-state index contributed by atoms with van der Waals surface area (Å²) < 4.78 is 0. The second-order valence-electron chi connectivity index (χ2n) is 15.1. The molecule has 4 aliphatic heterocycles. The molecule has 0 saturated carbocycles. The number of aryl methyl sites for hydroxylation is 2. The number of nitrogens with zero attached hydrogens (tertiary/aromatic N) is 2. The van der Waals surface area contributed by atoms with Gasteiger partial charge in [0.1, 0.15) is 0 Å². The van der Waals surface area contributed by atoms with Crippen LogP contribution < -0.4 is 31.7 Å². The average molecular weight is 715 g/mol. The number of anilines is 6. The monoisotopic (exact) mass is 714 g/mol. The molecular weight excluding hydrogens is 678 g/mol. The minimum Gasteiger partial charge on any atom is -0.311 e. The van der Waals surface area contributed by atoms with E-state index < -0.39 is 0 Å². The van der Waals surface area contributed by atoms with Crippen LogP contribution in [0.2, 0.25) is 0 Å². The van der Waals surface area contributed by atoms with Crippen molar-refractivity contribution in [2.45, 2.75) is 43.4 Å². The Morgan fingerprint density at radius 2 is 0.887 bits per heavy atom. The Morgan fingerprint density at radius 3 is 1.32 bits per heavy atom. The molecule has 0 aliphatic carbocycles. The van der Waals surface area contributed by atoms with Crippen molar-refractivity contribution in [3.05, 3.63) is 156 Å². The summed E-state index contributed by atoms with van der Waals surface area (Å²) >= 11 is 4.07. The fraction of sp³-hybridized carbons (Fsp3) is 0.106. The number of rotatable bonds is 3. The quantitative estimate of drug-likeness (QED) is 0.168. The molecule has 0 fully saturated rings. The van der Waals surface area contributed by atoms with E-state index in [0.717, 1.165) is 0 Å². The Bertz CT molecular complexity index is 2480. The van der Waals surface area contributed by atoms with Gasteiger partial charge in [0.05, 0.1) is 0 Å². The van der Waals surface area contributed by atoms with E-state index in [1.807, 2.05) is 23.2 Å². The predicted octanol–water partition coefficient (Wildman–Crippen LogP) is 10.8. The minimum absolute atomic E-state index is 0.165. The summed E-state index contributed by atoms with van der Waals surface area (Å²) in [6.45, 7) is 9.33. The standard InChI is InChI=1S/C47H36B2N2S2/c1-28(2)43-46-37(48-44-35(33-19-11-13-21-41(33)52-48)23-29(3)25-39(44)50(46)31-15-7-5-8-16-31)27-38-47(43)51(32-17-9-6-10-18-32)40-26-30(4)24-36-34-20-12-14-22-42(34)53-49(38)45(36)40/h5-28H,1-4H3. The highest BCUT2D eigenvalue weighted by Crippen LogP contribution is 2.53. The maximum absolute atomic E-state index is 2.64. The molecular formula is C47H36B2N2S2. The van der Waals surface area contributed by atoms with Crippen molar-refractivity contribution in [2.75, 3.05) is 9.80 Å². The van der Waals surface area contributed by atoms with Gasteiger partial charge in [0.2, 0.25) is 0 Å². The molecule has 6 heteroatoms. The van der Waals surface area contributed by atoms with Crippen LogP contribution in [0.4, 0.5) is 34.1 Å². The molecule has 0 radical (unpaired) electrons. The van der Waals surface area contributed by atoms with Gasteiger partial charge in [0, 0.05) is 49.5 Å². The number of para-hydroxylation sites is 2. The van der Waals surface area contributed by atoms with Gasteiger partial charge in [-0.3, -0.25) is 0 Å². The van der Waals surface area contributed by atoms with Gasteiger partial charge in [-0.1, -0.05) is 105 Å². The lowest BCUT2D eigenvalue weighted by Crippen LogP contribution is -2.56. The van der Waals surface area contributed by atoms with Crippen LogP contribution in [0.15, 0.2) is 149 Å². The third-order valence-electron chi connectivity index (χ3n) is 11.4. The molecule has 0 saturated heterocycles. The molecule has 0 atom stereocenters. The Kier molecular flexibility index (Phi) is 6.97. The molecule has 0 N–H and O–H groups in total. The fourth-order valence-electron chi connectivity index (χ4n) is 9.42. The molecule has 4 aliphatic rings. The average Bonchev–Trinajstić information content (AvgIpc) is 3.18. The molecule has 0 bridgehead atoms. The summed E-state index contributed by atoms with van der Waals surface area (Å²) in [7, 11) is 0. The summed E-state index contributed by atoms with van der Waals surface area (Å²) in [5.41, 5.74) is 22.8. The van der Waals surface area contributed by atoms with Gasteiger partial charge in [-0.05, 0) is 124 Å². The molecule has 0 spiro atoms. The van der Waals surface area contributed by atoms with Gasteiger partial charge in [-0.2, -0.15) is 23.2 Å². The maximum atomic E-state index is 2.64. The first-order chi connectivity index (χ1) is 26.0. The van der Waals surface area contributed by atoms with Crippen molar-refractivity contribution in [2.24, 2.45) is 0 Å². The second-order valence-corrected chi connectivity index (χ2v) is 17.4. The SMILES string of the molecule is Cc1cc2c3c(c1)N(c1ccccc1)c1c(cc4c(c1C(C)C)N(c1ccccc1)c1cc(C)cc5c1B4Sc1ccccc1-5)B3Sc1ccccc1-2. The molecule has 252 valence electrons. The van der Waals surface area contributed by atoms with Crippen molar-refractivity contribution in [1.82, 2.24) is 0 Å². The van der Waals surface area contributed by atoms with Crippen LogP contribution in [0.25, 0.3) is 22.3 Å². The van der Waals surface area contributed by atoms with Crippen LogP contribution in [0.1, 0.15) is 36.5 Å². The number of fused-ring (bicyclic) bond motifs is 8. The van der Waals surface area contributed by atoms with E-state index in [1.54, 1.807) is 0 Å². The van der Waals surface area contributed by atoms with Gasteiger partial charge in [0.15, 0.2) is 0 Å². The smallest absolute Gasteiger partial charge is 0.285 e. The Balaban J connectivity index is 1.30. The van der Waals surface area contributed by atoms with Crippen LogP contribution in [0.5, 0.6) is 0 Å². The summed E-state index contributed by atoms with van der Waals surface area (Å²) in [6, 6.07) is 52.6. The van der Waals surface area contributed by atoms with Crippen molar-refractivity contribution in [3.8, 4) is 22.3 Å². The number of hydrogen-bond acceptors (Lipinski definition) is 4. The van der Waals surface area contributed by atoms with E-state index in [2.05, 4.69) is 177 Å². The highest BCUT2D eigenvalue weighted by atomic mass is 32.2. The molecule has 7 aromatic carbocycles. The maximum Gasteiger partial charge on any atom is 0.285 e. The lowest BCUT2D eigenvalue weighted by atomic mass is 9.50. The highest BCUT2D eigenvalue weighted by Gasteiger charge is 2.47. The van der Waals surface area contributed by atoms with Crippen molar-refractivity contribution < 1.29 is 0 Å². The van der Waals surface area contributed by atoms with Gasteiger partial charge in [0.25, 0.3) is 12.0 Å². The zero-order valence-corrected chi connectivity index (χ0v) is 31.9. The first-order valence-corrected chi connectivity index (χ1v) is 20.4. The van der Waals surface area contributed by atoms with E-state index in [0.29, 0.717) is 0 Å². The summed E-state index contributed by atoms with van der Waals surface area (Å²) in [4.78, 5) is 7.95. The highest BCUT2D eigenvalue weighted by molar-refractivity contribution is 8.29. The molecule has 53 heavy (non-hydrogen) atoms. The number of hydrogen-bond donors (Lipinski definition) is 0. The van der Waals surface area contributed by atoms with Gasteiger partial charge < -0.3 is 9.80 Å².